The van der Waals surface area contributed by atoms with Gasteiger partial charge in [-0.05, 0) is 25.5 Å². The lowest BCUT2D eigenvalue weighted by Crippen LogP contribution is -2.47. The van der Waals surface area contributed by atoms with Gasteiger partial charge in [0.05, 0.1) is 23.5 Å². The van der Waals surface area contributed by atoms with Gasteiger partial charge in [0.15, 0.2) is 5.13 Å². The molecule has 1 fully saturated rings. The van der Waals surface area contributed by atoms with Crippen LogP contribution in [0.15, 0.2) is 30.5 Å². The molecule has 0 bridgehead atoms. The largest absolute Gasteiger partial charge is 0.383 e. The van der Waals surface area contributed by atoms with Gasteiger partial charge in [-0.25, -0.2) is 15.0 Å². The Hall–Kier alpha value is -2.79. The minimum absolute atomic E-state index is 0.257. The zero-order chi connectivity index (χ0) is 24.1. The van der Waals surface area contributed by atoms with Crippen molar-refractivity contribution in [3.8, 4) is 0 Å². The molecule has 1 aliphatic rings. The lowest BCUT2D eigenvalue weighted by atomic mass is 10.2. The Bertz CT molecular complexity index is 1130. The Kier molecular flexibility index (Phi) is 7.94. The lowest BCUT2D eigenvalue weighted by molar-refractivity contribution is 0.103. The molecule has 2 aromatic heterocycles. The molecule has 2 N–H and O–H groups in total. The van der Waals surface area contributed by atoms with E-state index in [4.69, 9.17) is 16.3 Å². The fourth-order valence-corrected chi connectivity index (χ4v) is 4.70. The summed E-state index contributed by atoms with van der Waals surface area (Å²) in [5.74, 6) is 1.94. The second kappa shape index (κ2) is 11.1. The van der Waals surface area contributed by atoms with E-state index in [1.54, 1.807) is 19.4 Å². The van der Waals surface area contributed by atoms with Crippen LogP contribution in [0.25, 0.3) is 0 Å². The van der Waals surface area contributed by atoms with Crippen molar-refractivity contribution < 1.29 is 9.53 Å². The number of methoxy groups -OCH3 is 1. The lowest BCUT2D eigenvalue weighted by Gasteiger charge is -2.35. The number of carbonyl (C=O) groups excluding carboxylic acids is 1. The molecule has 9 nitrogen and oxygen atoms in total. The van der Waals surface area contributed by atoms with Crippen molar-refractivity contribution in [3.05, 3.63) is 51.7 Å². The zero-order valence-electron chi connectivity index (χ0n) is 19.5. The number of carbonyl (C=O) groups is 1. The first-order chi connectivity index (χ1) is 16.4. The van der Waals surface area contributed by atoms with Crippen molar-refractivity contribution >= 4 is 51.3 Å². The standard InChI is InChI=1S/C23H28ClN7O2S/c1-15-5-4-6-17(24)21(15)29-22(32)18-14-25-23(34-18)28-19-13-20(27-16(2)26-19)31-9-7-30(8-10-31)11-12-33-3/h4-6,13-14H,7-12H2,1-3H3,(H,29,32)(H,25,26,27,28). The van der Waals surface area contributed by atoms with Gasteiger partial charge in [-0.15, -0.1) is 0 Å². The highest BCUT2D eigenvalue weighted by Gasteiger charge is 2.19. The number of nitrogens with one attached hydrogen (secondary N) is 2. The van der Waals surface area contributed by atoms with Gasteiger partial charge in [-0.2, -0.15) is 0 Å². The number of piperazine rings is 1. The summed E-state index contributed by atoms with van der Waals surface area (Å²) < 4.78 is 5.18. The first kappa shape index (κ1) is 24.3. The summed E-state index contributed by atoms with van der Waals surface area (Å²) >= 11 is 7.48. The van der Waals surface area contributed by atoms with Crippen LogP contribution in [0.4, 0.5) is 22.5 Å². The van der Waals surface area contributed by atoms with E-state index in [0.29, 0.717) is 32.4 Å². The smallest absolute Gasteiger partial charge is 0.267 e. The van der Waals surface area contributed by atoms with Gasteiger partial charge in [-0.1, -0.05) is 35.1 Å². The molecular formula is C23H28ClN7O2S. The summed E-state index contributed by atoms with van der Waals surface area (Å²) in [5.41, 5.74) is 1.50. The van der Waals surface area contributed by atoms with Crippen LogP contribution >= 0.6 is 22.9 Å². The summed E-state index contributed by atoms with van der Waals surface area (Å²) in [7, 11) is 1.73. The minimum atomic E-state index is -0.257. The van der Waals surface area contributed by atoms with Crippen LogP contribution in [0.2, 0.25) is 5.02 Å². The molecule has 1 aromatic carbocycles. The van der Waals surface area contributed by atoms with E-state index >= 15 is 0 Å². The number of nitrogens with zero attached hydrogens (tertiary/aromatic N) is 5. The number of para-hydroxylation sites is 1. The van der Waals surface area contributed by atoms with Gasteiger partial charge in [0, 0.05) is 45.9 Å². The highest BCUT2D eigenvalue weighted by atomic mass is 35.5. The second-order valence-electron chi connectivity index (χ2n) is 8.02. The number of amides is 1. The number of aromatic nitrogens is 3. The van der Waals surface area contributed by atoms with Gasteiger partial charge in [0.25, 0.3) is 5.91 Å². The van der Waals surface area contributed by atoms with Crippen molar-refractivity contribution in [2.45, 2.75) is 13.8 Å². The topological polar surface area (TPSA) is 95.5 Å². The average molecular weight is 502 g/mol. The van der Waals surface area contributed by atoms with Gasteiger partial charge < -0.3 is 20.3 Å². The molecule has 0 spiro atoms. The van der Waals surface area contributed by atoms with Gasteiger partial charge in [0.2, 0.25) is 0 Å². The van der Waals surface area contributed by atoms with E-state index in [1.807, 2.05) is 32.0 Å². The molecule has 4 rings (SSSR count). The third-order valence-corrected chi connectivity index (χ3v) is 6.78. The molecule has 3 aromatic rings. The summed E-state index contributed by atoms with van der Waals surface area (Å²) in [4.78, 5) is 31.3. The van der Waals surface area contributed by atoms with Crippen LogP contribution in [0, 0.1) is 13.8 Å². The van der Waals surface area contributed by atoms with Crippen molar-refractivity contribution in [2.75, 3.05) is 62.0 Å². The van der Waals surface area contributed by atoms with Crippen molar-refractivity contribution in [2.24, 2.45) is 0 Å². The summed E-state index contributed by atoms with van der Waals surface area (Å²) in [6.45, 7) is 9.16. The molecular weight excluding hydrogens is 474 g/mol. The van der Waals surface area contributed by atoms with E-state index in [9.17, 15) is 4.79 Å². The van der Waals surface area contributed by atoms with E-state index in [-0.39, 0.29) is 5.91 Å². The molecule has 1 amide bonds. The van der Waals surface area contributed by atoms with Crippen LogP contribution < -0.4 is 15.5 Å². The second-order valence-corrected chi connectivity index (χ2v) is 9.46. The maximum Gasteiger partial charge on any atom is 0.267 e. The fourth-order valence-electron chi connectivity index (χ4n) is 3.71. The molecule has 11 heteroatoms. The average Bonchev–Trinajstić information content (AvgIpc) is 3.28. The van der Waals surface area contributed by atoms with Gasteiger partial charge >= 0.3 is 0 Å². The van der Waals surface area contributed by atoms with Gasteiger partial charge in [0.1, 0.15) is 22.3 Å². The molecule has 0 saturated carbocycles. The monoisotopic (exact) mass is 501 g/mol. The van der Waals surface area contributed by atoms with E-state index < -0.39 is 0 Å². The number of rotatable bonds is 8. The molecule has 180 valence electrons. The molecule has 1 aliphatic heterocycles. The van der Waals surface area contributed by atoms with E-state index in [2.05, 4.69) is 35.4 Å². The molecule has 0 radical (unpaired) electrons. The number of thiazole rings is 1. The number of halogens is 1. The summed E-state index contributed by atoms with van der Waals surface area (Å²) in [6.07, 6.45) is 1.54. The number of ether oxygens (including phenoxy) is 1. The molecule has 0 unspecified atom stereocenters. The van der Waals surface area contributed by atoms with Gasteiger partial charge in [-0.3, -0.25) is 9.69 Å². The quantitative estimate of drug-likeness (QED) is 0.478. The predicted octanol–water partition coefficient (Wildman–Crippen LogP) is 3.97. The summed E-state index contributed by atoms with van der Waals surface area (Å²) in [6, 6.07) is 7.42. The van der Waals surface area contributed by atoms with Crippen LogP contribution in [0.5, 0.6) is 0 Å². The molecule has 3 heterocycles. The molecule has 0 atom stereocenters. The van der Waals surface area contributed by atoms with E-state index in [1.165, 1.54) is 11.3 Å². The first-order valence-corrected chi connectivity index (χ1v) is 12.2. The number of anilines is 4. The van der Waals surface area contributed by atoms with E-state index in [0.717, 1.165) is 50.7 Å². The molecule has 0 aliphatic carbocycles. The Morgan fingerprint density at radius 2 is 2.00 bits per heavy atom. The normalized spacial score (nSPS) is 14.3. The number of hydrogen-bond donors (Lipinski definition) is 2. The third-order valence-electron chi connectivity index (χ3n) is 5.56. The van der Waals surface area contributed by atoms with Crippen LogP contribution in [-0.2, 0) is 4.74 Å². The Morgan fingerprint density at radius 3 is 2.74 bits per heavy atom. The zero-order valence-corrected chi connectivity index (χ0v) is 21.0. The maximum atomic E-state index is 12.7. The van der Waals surface area contributed by atoms with Crippen LogP contribution in [0.3, 0.4) is 0 Å². The van der Waals surface area contributed by atoms with Crippen LogP contribution in [-0.4, -0.2) is 72.2 Å². The Morgan fingerprint density at radius 1 is 1.21 bits per heavy atom. The number of hydrogen-bond acceptors (Lipinski definition) is 9. The van der Waals surface area contributed by atoms with Crippen molar-refractivity contribution in [3.63, 3.8) is 0 Å². The Balaban J connectivity index is 1.41. The highest BCUT2D eigenvalue weighted by molar-refractivity contribution is 7.17. The predicted molar refractivity (Wildman–Crippen MR) is 137 cm³/mol. The fraction of sp³-hybridized carbons (Fsp3) is 0.391. The first-order valence-electron chi connectivity index (χ1n) is 11.0. The SMILES string of the molecule is COCCN1CCN(c2cc(Nc3ncc(C(=O)Nc4c(C)cccc4Cl)s3)nc(C)n2)CC1. The maximum absolute atomic E-state index is 12.7. The summed E-state index contributed by atoms with van der Waals surface area (Å²) in [5, 5.41) is 7.17. The van der Waals surface area contributed by atoms with Crippen molar-refractivity contribution in [1.82, 2.24) is 19.9 Å². The highest BCUT2D eigenvalue weighted by Crippen LogP contribution is 2.28. The molecule has 1 saturated heterocycles. The Labute approximate surface area is 208 Å². The molecule has 34 heavy (non-hydrogen) atoms. The van der Waals surface area contributed by atoms with Crippen molar-refractivity contribution in [1.29, 1.82) is 0 Å². The number of aryl methyl sites for hydroxylation is 2. The van der Waals surface area contributed by atoms with Crippen LogP contribution in [0.1, 0.15) is 21.1 Å². The third kappa shape index (κ3) is 6.01. The minimum Gasteiger partial charge on any atom is -0.383 e. The number of benzene rings is 1.